The standard InChI is InChI=1S/C28H36IN8O/c1-22-4-2-5-23(18-22)20-32-35-26-19-27(37-15-11-30-12-16-37)34-28(33-26)38-17-8-24-6-7-25(21-31-24)36-13-3-9-29-10-14-36/h2,4-7,18-21,30H,3,8-17H2,1H3,(H,33,34,35)/q-1/b32-20+. The zero-order valence-electron chi connectivity index (χ0n) is 21.9. The van der Waals surface area contributed by atoms with E-state index in [0.29, 0.717) is 46.1 Å². The maximum atomic E-state index is 6.02. The van der Waals surface area contributed by atoms with Crippen molar-refractivity contribution in [2.45, 2.75) is 19.8 Å². The smallest absolute Gasteiger partial charge is 0.0504 e. The Bertz CT molecular complexity index is 1190. The Labute approximate surface area is 235 Å². The Balaban J connectivity index is 1.22. The van der Waals surface area contributed by atoms with Crippen molar-refractivity contribution < 1.29 is 25.9 Å². The van der Waals surface area contributed by atoms with Crippen LogP contribution in [-0.2, 0) is 6.42 Å². The van der Waals surface area contributed by atoms with Crippen molar-refractivity contribution in [2.24, 2.45) is 5.10 Å². The predicted octanol–water partition coefficient (Wildman–Crippen LogP) is -0.0438. The van der Waals surface area contributed by atoms with E-state index in [9.17, 15) is 0 Å². The van der Waals surface area contributed by atoms with Gasteiger partial charge in [-0.2, -0.15) is 5.10 Å². The van der Waals surface area contributed by atoms with Gasteiger partial charge in [-0.15, -0.1) is 0 Å². The van der Waals surface area contributed by atoms with Crippen LogP contribution in [0.4, 0.5) is 17.3 Å². The molecule has 2 aromatic heterocycles. The summed E-state index contributed by atoms with van der Waals surface area (Å²) in [5, 5.41) is 7.78. The number of hydrogen-bond acceptors (Lipinski definition) is 9. The van der Waals surface area contributed by atoms with Crippen molar-refractivity contribution in [3.63, 3.8) is 0 Å². The fourth-order valence-corrected chi connectivity index (χ4v) is 6.83. The number of ether oxygens (including phenoxy) is 1. The molecule has 3 aromatic rings. The molecule has 2 aliphatic heterocycles. The number of rotatable bonds is 9. The monoisotopic (exact) mass is 627 g/mol. The summed E-state index contributed by atoms with van der Waals surface area (Å²) in [6.07, 6.45) is 5.81. The van der Waals surface area contributed by atoms with Crippen molar-refractivity contribution >= 4 is 23.5 Å². The zero-order chi connectivity index (χ0) is 26.0. The van der Waals surface area contributed by atoms with Gasteiger partial charge in [-0.05, 0) is 12.5 Å². The second kappa shape index (κ2) is 13.7. The van der Waals surface area contributed by atoms with Gasteiger partial charge in [-0.3, -0.25) is 5.43 Å². The number of nitrogens with one attached hydrogen (secondary N) is 2. The summed E-state index contributed by atoms with van der Waals surface area (Å²) in [7, 11) is 0. The Morgan fingerprint density at radius 1 is 1.05 bits per heavy atom. The zero-order valence-corrected chi connectivity index (χ0v) is 24.1. The van der Waals surface area contributed by atoms with E-state index < -0.39 is 0 Å². The van der Waals surface area contributed by atoms with Gasteiger partial charge in [0.05, 0.1) is 6.21 Å². The average Bonchev–Trinajstić information content (AvgIpc) is 3.24. The summed E-state index contributed by atoms with van der Waals surface area (Å²) in [6.45, 7) is 8.47. The molecule has 2 N–H and O–H groups in total. The number of halogens is 1. The molecule has 2 aliphatic rings. The molecule has 0 radical (unpaired) electrons. The van der Waals surface area contributed by atoms with Crippen LogP contribution in [0.15, 0.2) is 53.8 Å². The number of nitrogens with zero attached hydrogens (tertiary/aromatic N) is 6. The van der Waals surface area contributed by atoms with Crippen molar-refractivity contribution in [1.82, 2.24) is 20.3 Å². The molecule has 0 amide bonds. The van der Waals surface area contributed by atoms with Crippen LogP contribution in [0.1, 0.15) is 23.2 Å². The fraction of sp³-hybridized carbons (Fsp3) is 0.429. The quantitative estimate of drug-likeness (QED) is 0.148. The minimum absolute atomic E-state index is 0.346. The van der Waals surface area contributed by atoms with Crippen molar-refractivity contribution in [3.05, 3.63) is 65.5 Å². The van der Waals surface area contributed by atoms with Crippen LogP contribution >= 0.6 is 0 Å². The first-order valence-corrected chi connectivity index (χ1v) is 16.3. The number of piperazine rings is 1. The summed E-state index contributed by atoms with van der Waals surface area (Å²) in [5.74, 6) is 1.45. The molecule has 0 bridgehead atoms. The number of hydrogen-bond donors (Lipinski definition) is 2. The van der Waals surface area contributed by atoms with E-state index in [4.69, 9.17) is 14.7 Å². The third kappa shape index (κ3) is 7.76. The minimum atomic E-state index is 0.346. The molecule has 202 valence electrons. The molecule has 1 aromatic carbocycles. The molecule has 9 nitrogen and oxygen atoms in total. The van der Waals surface area contributed by atoms with Gasteiger partial charge in [0.1, 0.15) is 5.82 Å². The molecule has 0 aliphatic carbocycles. The topological polar surface area (TPSA) is 90.8 Å². The number of pyridine rings is 1. The average molecular weight is 628 g/mol. The summed E-state index contributed by atoms with van der Waals surface area (Å²) in [4.78, 5) is 18.7. The molecule has 0 saturated carbocycles. The first-order valence-electron chi connectivity index (χ1n) is 13.3. The van der Waals surface area contributed by atoms with Crippen molar-refractivity contribution in [3.8, 4) is 6.01 Å². The molecular formula is C28H36IN8O-. The van der Waals surface area contributed by atoms with Crippen molar-refractivity contribution in [2.75, 3.05) is 70.0 Å². The number of alkyl halides is 2. The molecule has 10 heteroatoms. The SMILES string of the molecule is Cc1cccc(/C=N/Nc2cc(N3CCNCC3)nc(OCCc3ccc(N4CCC[I-]CC4)cn3)n2)c1. The van der Waals surface area contributed by atoms with Crippen LogP contribution in [0.25, 0.3) is 0 Å². The van der Waals surface area contributed by atoms with Gasteiger partial charge in [-0.1, -0.05) is 29.8 Å². The molecule has 2 saturated heterocycles. The van der Waals surface area contributed by atoms with Crippen LogP contribution in [0.3, 0.4) is 0 Å². The number of aromatic nitrogens is 3. The molecular weight excluding hydrogens is 591 g/mol. The minimum Gasteiger partial charge on any atom is -0.0504 e. The molecule has 0 atom stereocenters. The normalized spacial score (nSPS) is 16.7. The van der Waals surface area contributed by atoms with Gasteiger partial charge in [0.2, 0.25) is 0 Å². The molecule has 4 heterocycles. The Hall–Kier alpha value is -2.99. The summed E-state index contributed by atoms with van der Waals surface area (Å²) in [5.41, 5.74) is 7.53. The van der Waals surface area contributed by atoms with E-state index >= 15 is 0 Å². The fourth-order valence-electron chi connectivity index (χ4n) is 4.48. The van der Waals surface area contributed by atoms with Gasteiger partial charge >= 0.3 is 123 Å². The molecule has 2 fully saturated rings. The first kappa shape index (κ1) is 26.6. The Morgan fingerprint density at radius 2 is 1.97 bits per heavy atom. The van der Waals surface area contributed by atoms with E-state index in [1.807, 2.05) is 24.4 Å². The van der Waals surface area contributed by atoms with Crippen LogP contribution in [0, 0.1) is 6.92 Å². The summed E-state index contributed by atoms with van der Waals surface area (Å²) < 4.78 is 8.83. The number of benzene rings is 1. The van der Waals surface area contributed by atoms with Crippen molar-refractivity contribution in [1.29, 1.82) is 0 Å². The van der Waals surface area contributed by atoms with E-state index in [1.165, 1.54) is 33.1 Å². The number of hydrazone groups is 1. The Morgan fingerprint density at radius 3 is 2.82 bits per heavy atom. The van der Waals surface area contributed by atoms with Gasteiger partial charge in [0.15, 0.2) is 5.82 Å². The number of anilines is 3. The third-order valence-corrected chi connectivity index (χ3v) is 9.29. The molecule has 38 heavy (non-hydrogen) atoms. The van der Waals surface area contributed by atoms with Crippen LogP contribution in [0.5, 0.6) is 6.01 Å². The molecule has 5 rings (SSSR count). The molecule has 0 spiro atoms. The van der Waals surface area contributed by atoms with Gasteiger partial charge in [0.25, 0.3) is 0 Å². The van der Waals surface area contributed by atoms with E-state index in [0.717, 1.165) is 49.8 Å². The van der Waals surface area contributed by atoms with Crippen LogP contribution in [0.2, 0.25) is 0 Å². The van der Waals surface area contributed by atoms with Crippen LogP contribution in [-0.4, -0.2) is 75.9 Å². The van der Waals surface area contributed by atoms with Gasteiger partial charge in [0, 0.05) is 32.2 Å². The second-order valence-electron chi connectivity index (χ2n) is 9.43. The van der Waals surface area contributed by atoms with E-state index in [-0.39, 0.29) is 0 Å². The van der Waals surface area contributed by atoms with Crippen LogP contribution < -0.4 is 46.5 Å². The van der Waals surface area contributed by atoms with Gasteiger partial charge < -0.3 is 10.2 Å². The maximum absolute atomic E-state index is 6.02. The first-order chi connectivity index (χ1) is 18.7. The van der Waals surface area contributed by atoms with E-state index in [2.05, 4.69) is 61.8 Å². The third-order valence-electron chi connectivity index (χ3n) is 6.51. The molecule has 0 unspecified atom stereocenters. The number of aryl methyl sites for hydroxylation is 1. The van der Waals surface area contributed by atoms with Gasteiger partial charge in [-0.25, -0.2) is 0 Å². The van der Waals surface area contributed by atoms with E-state index in [1.54, 1.807) is 6.21 Å². The summed E-state index contributed by atoms with van der Waals surface area (Å²) >= 11 is 0.396. The second-order valence-corrected chi connectivity index (χ2v) is 12.7. The Kier molecular flexibility index (Phi) is 9.59. The predicted molar refractivity (Wildman–Crippen MR) is 150 cm³/mol. The summed E-state index contributed by atoms with van der Waals surface area (Å²) in [6, 6.07) is 14.8.